The lowest BCUT2D eigenvalue weighted by Crippen LogP contribution is -2.38. The van der Waals surface area contributed by atoms with Crippen LogP contribution in [0.2, 0.25) is 0 Å². The molecule has 9 nitrogen and oxygen atoms in total. The number of amides is 2. The van der Waals surface area contributed by atoms with Crippen LogP contribution < -0.4 is 20.2 Å². The number of hydrogen-bond acceptors (Lipinski definition) is 6. The maximum Gasteiger partial charge on any atom is 0.335 e. The van der Waals surface area contributed by atoms with Crippen LogP contribution in [0.15, 0.2) is 47.6 Å². The van der Waals surface area contributed by atoms with Crippen molar-refractivity contribution in [3.05, 3.63) is 59.2 Å². The summed E-state index contributed by atoms with van der Waals surface area (Å²) in [4.78, 5) is 34.3. The molecular formula is C20H21N3O6. The minimum Gasteiger partial charge on any atom is -0.493 e. The lowest BCUT2D eigenvalue weighted by atomic mass is 10.1. The van der Waals surface area contributed by atoms with Gasteiger partial charge in [-0.15, -0.1) is 0 Å². The summed E-state index contributed by atoms with van der Waals surface area (Å²) < 4.78 is 10.4. The summed E-state index contributed by atoms with van der Waals surface area (Å²) in [5.41, 5.74) is 3.74. The van der Waals surface area contributed by atoms with Crippen LogP contribution in [0, 0.1) is 0 Å². The second kappa shape index (κ2) is 10.5. The van der Waals surface area contributed by atoms with Gasteiger partial charge < -0.3 is 19.9 Å². The highest BCUT2D eigenvalue weighted by atomic mass is 16.5. The number of carboxylic acid groups (broad SMARTS) is 1. The molecule has 29 heavy (non-hydrogen) atoms. The van der Waals surface area contributed by atoms with Crippen molar-refractivity contribution >= 4 is 24.0 Å². The predicted octanol–water partition coefficient (Wildman–Crippen LogP) is 1.21. The Bertz CT molecular complexity index is 909. The Kier molecular flexibility index (Phi) is 7.72. The number of carbonyl (C=O) groups is 3. The van der Waals surface area contributed by atoms with Crippen LogP contribution in [0.25, 0.3) is 0 Å². The third-order valence-corrected chi connectivity index (χ3v) is 3.89. The average molecular weight is 399 g/mol. The molecule has 0 unspecified atom stereocenters. The smallest absolute Gasteiger partial charge is 0.335 e. The highest BCUT2D eigenvalue weighted by Gasteiger charge is 2.12. The standard InChI is InChI=1S/C20H21N3O6/c1-28-16-8-5-13(11-17(16)29-2)9-10-21-18(24)19(25)23-22-12-14-3-6-15(7-4-14)20(26)27/h3-8,11-12H,9-10H2,1-2H3,(H,21,24)(H,23,25)(H,26,27)/b22-12+. The molecular weight excluding hydrogens is 378 g/mol. The molecule has 0 bridgehead atoms. The molecule has 9 heteroatoms. The van der Waals surface area contributed by atoms with Crippen LogP contribution in [-0.2, 0) is 16.0 Å². The fourth-order valence-corrected chi connectivity index (χ4v) is 2.36. The quantitative estimate of drug-likeness (QED) is 0.348. The Balaban J connectivity index is 1.79. The first-order valence-corrected chi connectivity index (χ1v) is 8.60. The molecule has 0 radical (unpaired) electrons. The van der Waals surface area contributed by atoms with Crippen molar-refractivity contribution in [1.29, 1.82) is 0 Å². The van der Waals surface area contributed by atoms with E-state index < -0.39 is 17.8 Å². The maximum absolute atomic E-state index is 11.8. The van der Waals surface area contributed by atoms with Gasteiger partial charge in [-0.2, -0.15) is 5.10 Å². The molecule has 0 heterocycles. The fourth-order valence-electron chi connectivity index (χ4n) is 2.36. The third-order valence-electron chi connectivity index (χ3n) is 3.89. The van der Waals surface area contributed by atoms with Crippen molar-refractivity contribution in [1.82, 2.24) is 10.7 Å². The van der Waals surface area contributed by atoms with Gasteiger partial charge in [-0.3, -0.25) is 9.59 Å². The molecule has 0 atom stereocenters. The molecule has 3 N–H and O–H groups in total. The van der Waals surface area contributed by atoms with Gasteiger partial charge in [0.05, 0.1) is 26.0 Å². The Labute approximate surface area is 167 Å². The summed E-state index contributed by atoms with van der Waals surface area (Å²) in [6.07, 6.45) is 1.80. The molecule has 0 fully saturated rings. The molecule has 152 valence electrons. The van der Waals surface area contributed by atoms with Crippen molar-refractivity contribution in [2.24, 2.45) is 5.10 Å². The molecule has 2 rings (SSSR count). The van der Waals surface area contributed by atoms with E-state index in [-0.39, 0.29) is 12.1 Å². The molecule has 0 aromatic heterocycles. The van der Waals surface area contributed by atoms with Gasteiger partial charge in [-0.05, 0) is 41.8 Å². The molecule has 2 aromatic rings. The molecule has 2 aromatic carbocycles. The van der Waals surface area contributed by atoms with Crippen LogP contribution in [-0.4, -0.2) is 49.9 Å². The molecule has 0 aliphatic carbocycles. The SMILES string of the molecule is COc1ccc(CCNC(=O)C(=O)N/N=C/c2ccc(C(=O)O)cc2)cc1OC. The van der Waals surface area contributed by atoms with Crippen LogP contribution in [0.3, 0.4) is 0 Å². The van der Waals surface area contributed by atoms with Gasteiger partial charge in [0.25, 0.3) is 0 Å². The fraction of sp³-hybridized carbons (Fsp3) is 0.200. The number of benzene rings is 2. The zero-order valence-corrected chi connectivity index (χ0v) is 16.0. The van der Waals surface area contributed by atoms with Gasteiger partial charge in [0.15, 0.2) is 11.5 Å². The summed E-state index contributed by atoms with van der Waals surface area (Å²) in [7, 11) is 3.08. The summed E-state index contributed by atoms with van der Waals surface area (Å²) in [5.74, 6) is -1.57. The first-order valence-electron chi connectivity index (χ1n) is 8.60. The monoisotopic (exact) mass is 399 g/mol. The predicted molar refractivity (Wildman–Crippen MR) is 105 cm³/mol. The number of ether oxygens (including phenoxy) is 2. The Morgan fingerprint density at radius 2 is 1.69 bits per heavy atom. The molecule has 0 saturated heterocycles. The number of hydrogen-bond donors (Lipinski definition) is 3. The first-order chi connectivity index (χ1) is 13.9. The summed E-state index contributed by atoms with van der Waals surface area (Å²) in [6.45, 7) is 0.252. The third kappa shape index (κ3) is 6.35. The largest absolute Gasteiger partial charge is 0.493 e. The first kappa shape index (κ1) is 21.4. The van der Waals surface area contributed by atoms with E-state index in [9.17, 15) is 14.4 Å². The van der Waals surface area contributed by atoms with E-state index in [1.807, 2.05) is 6.07 Å². The second-order valence-electron chi connectivity index (χ2n) is 5.82. The highest BCUT2D eigenvalue weighted by Crippen LogP contribution is 2.27. The molecule has 0 saturated carbocycles. The van der Waals surface area contributed by atoms with E-state index in [0.717, 1.165) is 5.56 Å². The average Bonchev–Trinajstić information content (AvgIpc) is 2.73. The number of aromatic carboxylic acids is 1. The van der Waals surface area contributed by atoms with Crippen molar-refractivity contribution in [2.45, 2.75) is 6.42 Å². The van der Waals surface area contributed by atoms with Crippen LogP contribution in [0.4, 0.5) is 0 Å². The van der Waals surface area contributed by atoms with Gasteiger partial charge in [0.1, 0.15) is 0 Å². The van der Waals surface area contributed by atoms with Crippen LogP contribution in [0.1, 0.15) is 21.5 Å². The lowest BCUT2D eigenvalue weighted by molar-refractivity contribution is -0.139. The van der Waals surface area contributed by atoms with Gasteiger partial charge in [-0.1, -0.05) is 18.2 Å². The maximum atomic E-state index is 11.8. The van der Waals surface area contributed by atoms with E-state index in [2.05, 4.69) is 15.8 Å². The van der Waals surface area contributed by atoms with Gasteiger partial charge in [0.2, 0.25) is 0 Å². The number of carboxylic acids is 1. The summed E-state index contributed by atoms with van der Waals surface area (Å²) in [6, 6.07) is 11.3. The summed E-state index contributed by atoms with van der Waals surface area (Å²) >= 11 is 0. The molecule has 0 aliphatic heterocycles. The minimum absolute atomic E-state index is 0.139. The number of methoxy groups -OCH3 is 2. The molecule has 0 spiro atoms. The van der Waals surface area contributed by atoms with E-state index in [1.54, 1.807) is 19.2 Å². The van der Waals surface area contributed by atoms with Crippen LogP contribution >= 0.6 is 0 Å². The number of hydrazone groups is 1. The van der Waals surface area contributed by atoms with E-state index >= 15 is 0 Å². The van der Waals surface area contributed by atoms with Crippen molar-refractivity contribution < 1.29 is 29.0 Å². The number of nitrogens with one attached hydrogen (secondary N) is 2. The number of rotatable bonds is 8. The summed E-state index contributed by atoms with van der Waals surface area (Å²) in [5, 5.41) is 15.0. The minimum atomic E-state index is -1.04. The molecule has 0 aliphatic rings. The number of carbonyl (C=O) groups excluding carboxylic acids is 2. The van der Waals surface area contributed by atoms with E-state index in [4.69, 9.17) is 14.6 Å². The normalized spacial score (nSPS) is 10.4. The van der Waals surface area contributed by atoms with E-state index in [1.165, 1.54) is 37.6 Å². The zero-order chi connectivity index (χ0) is 21.2. The topological polar surface area (TPSA) is 126 Å². The second-order valence-corrected chi connectivity index (χ2v) is 5.82. The van der Waals surface area contributed by atoms with Crippen molar-refractivity contribution in [3.63, 3.8) is 0 Å². The van der Waals surface area contributed by atoms with Crippen molar-refractivity contribution in [3.8, 4) is 11.5 Å². The van der Waals surface area contributed by atoms with Gasteiger partial charge in [0, 0.05) is 6.54 Å². The highest BCUT2D eigenvalue weighted by molar-refractivity contribution is 6.35. The molecule has 2 amide bonds. The van der Waals surface area contributed by atoms with Crippen molar-refractivity contribution in [2.75, 3.05) is 20.8 Å². The van der Waals surface area contributed by atoms with E-state index in [0.29, 0.717) is 23.5 Å². The van der Waals surface area contributed by atoms with Crippen LogP contribution in [0.5, 0.6) is 11.5 Å². The lowest BCUT2D eigenvalue weighted by Gasteiger charge is -2.10. The number of nitrogens with zero attached hydrogens (tertiary/aromatic N) is 1. The Morgan fingerprint density at radius 1 is 1.00 bits per heavy atom. The zero-order valence-electron chi connectivity index (χ0n) is 16.0. The Hall–Kier alpha value is -3.88. The van der Waals surface area contributed by atoms with Gasteiger partial charge in [-0.25, -0.2) is 10.2 Å². The Morgan fingerprint density at radius 3 is 2.31 bits per heavy atom. The van der Waals surface area contributed by atoms with Gasteiger partial charge >= 0.3 is 17.8 Å².